The molecule has 1 aromatic rings. The standard InChI is InChI=1S/C12H17F2NO/c1-3-7-15-8-10-6-4-5-9(2)11(10)16-12(13)14/h4-6,12,15H,3,7-8H2,1-2H3. The summed E-state index contributed by atoms with van der Waals surface area (Å²) in [7, 11) is 0. The normalized spacial score (nSPS) is 10.8. The summed E-state index contributed by atoms with van der Waals surface area (Å²) < 4.78 is 29.0. The van der Waals surface area contributed by atoms with Gasteiger partial charge in [0.15, 0.2) is 0 Å². The number of para-hydroxylation sites is 1. The molecule has 0 aliphatic heterocycles. The summed E-state index contributed by atoms with van der Waals surface area (Å²) in [4.78, 5) is 0. The zero-order valence-electron chi connectivity index (χ0n) is 9.59. The van der Waals surface area contributed by atoms with Crippen molar-refractivity contribution < 1.29 is 13.5 Å². The second-order valence-electron chi connectivity index (χ2n) is 3.62. The van der Waals surface area contributed by atoms with Gasteiger partial charge < -0.3 is 10.1 Å². The third kappa shape index (κ3) is 3.77. The molecule has 16 heavy (non-hydrogen) atoms. The minimum Gasteiger partial charge on any atom is -0.434 e. The molecule has 90 valence electrons. The molecule has 1 aromatic carbocycles. The molecule has 0 spiro atoms. The van der Waals surface area contributed by atoms with Crippen LogP contribution in [0, 0.1) is 6.92 Å². The Balaban J connectivity index is 2.76. The fourth-order valence-electron chi connectivity index (χ4n) is 1.51. The van der Waals surface area contributed by atoms with Gasteiger partial charge in [0.2, 0.25) is 0 Å². The third-order valence-corrected chi connectivity index (χ3v) is 2.24. The average molecular weight is 229 g/mol. The van der Waals surface area contributed by atoms with Crippen molar-refractivity contribution in [2.75, 3.05) is 6.54 Å². The van der Waals surface area contributed by atoms with E-state index in [-0.39, 0.29) is 0 Å². The van der Waals surface area contributed by atoms with E-state index in [2.05, 4.69) is 17.0 Å². The van der Waals surface area contributed by atoms with E-state index >= 15 is 0 Å². The summed E-state index contributed by atoms with van der Waals surface area (Å²) in [5.74, 6) is 0.293. The molecule has 0 amide bonds. The molecule has 0 aliphatic carbocycles. The summed E-state index contributed by atoms with van der Waals surface area (Å²) in [6.45, 7) is 2.46. The summed E-state index contributed by atoms with van der Waals surface area (Å²) >= 11 is 0. The molecule has 0 heterocycles. The predicted octanol–water partition coefficient (Wildman–Crippen LogP) is 3.10. The van der Waals surface area contributed by atoms with Crippen molar-refractivity contribution in [3.63, 3.8) is 0 Å². The first kappa shape index (κ1) is 12.9. The Morgan fingerprint density at radius 1 is 1.38 bits per heavy atom. The first-order valence-corrected chi connectivity index (χ1v) is 5.39. The number of hydrogen-bond acceptors (Lipinski definition) is 2. The highest BCUT2D eigenvalue weighted by Gasteiger charge is 2.11. The maximum absolute atomic E-state index is 12.2. The lowest BCUT2D eigenvalue weighted by Gasteiger charge is -2.13. The first-order valence-electron chi connectivity index (χ1n) is 5.39. The quantitative estimate of drug-likeness (QED) is 0.757. The molecule has 1 rings (SSSR count). The number of rotatable bonds is 6. The SMILES string of the molecule is CCCNCc1cccc(C)c1OC(F)F. The lowest BCUT2D eigenvalue weighted by Crippen LogP contribution is -2.16. The minimum atomic E-state index is -2.77. The van der Waals surface area contributed by atoms with Gasteiger partial charge in [-0.15, -0.1) is 0 Å². The van der Waals surface area contributed by atoms with Gasteiger partial charge in [0, 0.05) is 12.1 Å². The first-order chi connectivity index (χ1) is 7.65. The highest BCUT2D eigenvalue weighted by atomic mass is 19.3. The number of aryl methyl sites for hydroxylation is 1. The molecule has 0 atom stereocenters. The number of halogens is 2. The minimum absolute atomic E-state index is 0.293. The highest BCUT2D eigenvalue weighted by Crippen LogP contribution is 2.25. The van der Waals surface area contributed by atoms with Gasteiger partial charge in [-0.1, -0.05) is 25.1 Å². The number of hydrogen-bond donors (Lipinski definition) is 1. The van der Waals surface area contributed by atoms with Crippen LogP contribution in [0.3, 0.4) is 0 Å². The molecular formula is C12H17F2NO. The van der Waals surface area contributed by atoms with Gasteiger partial charge in [0.1, 0.15) is 5.75 Å². The number of ether oxygens (including phenoxy) is 1. The molecule has 0 saturated carbocycles. The lowest BCUT2D eigenvalue weighted by molar-refractivity contribution is -0.0509. The summed E-state index contributed by atoms with van der Waals surface area (Å²) in [6, 6.07) is 5.41. The molecule has 0 unspecified atom stereocenters. The maximum Gasteiger partial charge on any atom is 0.387 e. The Labute approximate surface area is 94.6 Å². The van der Waals surface area contributed by atoms with E-state index in [1.54, 1.807) is 19.1 Å². The number of nitrogens with one attached hydrogen (secondary N) is 1. The van der Waals surface area contributed by atoms with Gasteiger partial charge in [0.25, 0.3) is 0 Å². The van der Waals surface area contributed by atoms with E-state index in [1.807, 2.05) is 6.07 Å². The van der Waals surface area contributed by atoms with Crippen molar-refractivity contribution in [1.82, 2.24) is 5.32 Å². The van der Waals surface area contributed by atoms with Crippen LogP contribution in [0.2, 0.25) is 0 Å². The molecule has 1 N–H and O–H groups in total. The molecule has 4 heteroatoms. The van der Waals surface area contributed by atoms with Crippen LogP contribution in [0.1, 0.15) is 24.5 Å². The zero-order chi connectivity index (χ0) is 12.0. The summed E-state index contributed by atoms with van der Waals surface area (Å²) in [5.41, 5.74) is 1.50. The Hall–Kier alpha value is -1.16. The molecule has 0 aliphatic rings. The van der Waals surface area contributed by atoms with Gasteiger partial charge in [-0.2, -0.15) is 8.78 Å². The van der Waals surface area contributed by atoms with Crippen molar-refractivity contribution in [3.05, 3.63) is 29.3 Å². The van der Waals surface area contributed by atoms with Gasteiger partial charge in [0.05, 0.1) is 0 Å². The average Bonchev–Trinajstić information content (AvgIpc) is 2.23. The van der Waals surface area contributed by atoms with E-state index in [9.17, 15) is 8.78 Å². The monoisotopic (exact) mass is 229 g/mol. The van der Waals surface area contributed by atoms with Crippen LogP contribution < -0.4 is 10.1 Å². The van der Waals surface area contributed by atoms with E-state index < -0.39 is 6.61 Å². The predicted molar refractivity (Wildman–Crippen MR) is 59.8 cm³/mol. The second kappa shape index (κ2) is 6.43. The van der Waals surface area contributed by atoms with E-state index in [1.165, 1.54) is 0 Å². The summed E-state index contributed by atoms with van der Waals surface area (Å²) in [6.07, 6.45) is 1.01. The van der Waals surface area contributed by atoms with Crippen molar-refractivity contribution in [2.45, 2.75) is 33.4 Å². The third-order valence-electron chi connectivity index (χ3n) is 2.24. The van der Waals surface area contributed by atoms with Gasteiger partial charge >= 0.3 is 6.61 Å². The molecule has 2 nitrogen and oxygen atoms in total. The molecule has 0 bridgehead atoms. The molecule has 0 aromatic heterocycles. The zero-order valence-corrected chi connectivity index (χ0v) is 9.59. The van der Waals surface area contributed by atoms with Crippen LogP contribution in [0.25, 0.3) is 0 Å². The van der Waals surface area contributed by atoms with Crippen molar-refractivity contribution in [3.8, 4) is 5.75 Å². The van der Waals surface area contributed by atoms with E-state index in [0.29, 0.717) is 12.3 Å². The van der Waals surface area contributed by atoms with Crippen molar-refractivity contribution in [2.24, 2.45) is 0 Å². The van der Waals surface area contributed by atoms with Crippen LogP contribution in [-0.4, -0.2) is 13.2 Å². The van der Waals surface area contributed by atoms with Crippen LogP contribution >= 0.6 is 0 Å². The summed E-state index contributed by atoms with van der Waals surface area (Å²) in [5, 5.41) is 3.17. The molecular weight excluding hydrogens is 212 g/mol. The van der Waals surface area contributed by atoms with E-state index in [0.717, 1.165) is 24.1 Å². The van der Waals surface area contributed by atoms with Crippen molar-refractivity contribution in [1.29, 1.82) is 0 Å². The Morgan fingerprint density at radius 2 is 2.12 bits per heavy atom. The van der Waals surface area contributed by atoms with Crippen molar-refractivity contribution >= 4 is 0 Å². The van der Waals surface area contributed by atoms with Crippen LogP contribution in [0.5, 0.6) is 5.75 Å². The lowest BCUT2D eigenvalue weighted by atomic mass is 10.1. The number of benzene rings is 1. The van der Waals surface area contributed by atoms with Gasteiger partial charge in [-0.05, 0) is 25.5 Å². The van der Waals surface area contributed by atoms with Gasteiger partial charge in [-0.25, -0.2) is 0 Å². The Bertz CT molecular complexity index is 329. The maximum atomic E-state index is 12.2. The highest BCUT2D eigenvalue weighted by molar-refractivity contribution is 5.40. The van der Waals surface area contributed by atoms with Crippen LogP contribution in [0.4, 0.5) is 8.78 Å². The van der Waals surface area contributed by atoms with Crippen LogP contribution in [-0.2, 0) is 6.54 Å². The van der Waals surface area contributed by atoms with Gasteiger partial charge in [-0.3, -0.25) is 0 Å². The molecule has 0 saturated heterocycles. The Morgan fingerprint density at radius 3 is 2.75 bits per heavy atom. The fraction of sp³-hybridized carbons (Fsp3) is 0.500. The largest absolute Gasteiger partial charge is 0.434 e. The second-order valence-corrected chi connectivity index (χ2v) is 3.62. The fourth-order valence-corrected chi connectivity index (χ4v) is 1.51. The van der Waals surface area contributed by atoms with E-state index in [4.69, 9.17) is 0 Å². The molecule has 0 radical (unpaired) electrons. The smallest absolute Gasteiger partial charge is 0.387 e. The topological polar surface area (TPSA) is 21.3 Å². The molecule has 0 fully saturated rings. The Kier molecular flexibility index (Phi) is 5.19. The van der Waals surface area contributed by atoms with Crippen LogP contribution in [0.15, 0.2) is 18.2 Å². The number of alkyl halides is 2.